The van der Waals surface area contributed by atoms with Crippen molar-refractivity contribution in [2.45, 2.75) is 91.0 Å². The van der Waals surface area contributed by atoms with Crippen LogP contribution < -0.4 is 4.90 Å². The zero-order valence-electron chi connectivity index (χ0n) is 32.4. The average Bonchev–Trinajstić information content (AvgIpc) is 3.86. The Bertz CT molecular complexity index is 2460. The molecule has 3 saturated heterocycles. The minimum absolute atomic E-state index is 0.0989. The van der Waals surface area contributed by atoms with Crippen LogP contribution in [-0.2, 0) is 11.2 Å². The summed E-state index contributed by atoms with van der Waals surface area (Å²) in [4.78, 5) is 42.4. The Labute approximate surface area is 330 Å². The molecule has 1 saturated carbocycles. The van der Waals surface area contributed by atoms with Crippen LogP contribution >= 0.6 is 11.6 Å². The molecule has 0 unspecified atom stereocenters. The number of aryl methyl sites for hydroxylation is 2. The van der Waals surface area contributed by atoms with Crippen LogP contribution in [0.3, 0.4) is 0 Å². The number of benzene rings is 2. The molecule has 2 aromatic carbocycles. The molecule has 4 atom stereocenters. The number of hydrogen-bond acceptors (Lipinski definition) is 7. The first-order valence-corrected chi connectivity index (χ1v) is 19.6. The van der Waals surface area contributed by atoms with Gasteiger partial charge in [-0.2, -0.15) is 5.26 Å². The van der Waals surface area contributed by atoms with E-state index in [4.69, 9.17) is 21.3 Å². The van der Waals surface area contributed by atoms with E-state index >= 15 is 4.39 Å². The van der Waals surface area contributed by atoms with E-state index in [-0.39, 0.29) is 59.8 Å². The van der Waals surface area contributed by atoms with Crippen molar-refractivity contribution in [1.29, 1.82) is 5.26 Å². The van der Waals surface area contributed by atoms with Crippen molar-refractivity contribution >= 4 is 51.2 Å². The van der Waals surface area contributed by atoms with Gasteiger partial charge < -0.3 is 24.2 Å². The lowest BCUT2D eigenvalue weighted by molar-refractivity contribution is 0.0208. The first-order chi connectivity index (χ1) is 26.7. The lowest BCUT2D eigenvalue weighted by Gasteiger charge is -2.42. The van der Waals surface area contributed by atoms with E-state index in [0.29, 0.717) is 52.4 Å². The predicted octanol–water partition coefficient (Wildman–Crippen LogP) is 9.40. The number of phenols is 1. The van der Waals surface area contributed by atoms with Crippen molar-refractivity contribution in [3.8, 4) is 22.9 Å². The fourth-order valence-corrected chi connectivity index (χ4v) is 9.30. The Morgan fingerprint density at radius 2 is 1.89 bits per heavy atom. The molecule has 3 aliphatic heterocycles. The summed E-state index contributed by atoms with van der Waals surface area (Å²) in [7, 11) is 0. The third-order valence-corrected chi connectivity index (χ3v) is 12.1. The van der Waals surface area contributed by atoms with Crippen LogP contribution in [0.2, 0.25) is 5.02 Å². The summed E-state index contributed by atoms with van der Waals surface area (Å²) in [6.45, 7) is 12.9. The van der Waals surface area contributed by atoms with E-state index in [2.05, 4.69) is 21.7 Å². The minimum Gasteiger partial charge on any atom is -0.508 e. The lowest BCUT2D eigenvalue weighted by atomic mass is 9.79. The molecule has 3 aromatic heterocycles. The van der Waals surface area contributed by atoms with Crippen LogP contribution in [0.4, 0.5) is 19.7 Å². The molecule has 290 valence electrons. The number of phenolic OH excluding ortho intramolecular Hbond substituents is 1. The summed E-state index contributed by atoms with van der Waals surface area (Å²) in [5, 5.41) is 21.9. The van der Waals surface area contributed by atoms with Gasteiger partial charge in [-0.1, -0.05) is 11.6 Å². The number of ether oxygens (including phenoxy) is 1. The van der Waals surface area contributed by atoms with Gasteiger partial charge in [-0.3, -0.25) is 9.88 Å². The van der Waals surface area contributed by atoms with Crippen molar-refractivity contribution < 1.29 is 23.8 Å². The predicted molar refractivity (Wildman–Crippen MR) is 213 cm³/mol. The summed E-state index contributed by atoms with van der Waals surface area (Å²) in [5.41, 5.74) is 4.36. The summed E-state index contributed by atoms with van der Waals surface area (Å²) in [6, 6.07) is 11.9. The zero-order chi connectivity index (χ0) is 39.8. The Hall–Kier alpha value is -5.41. The maximum Gasteiger partial charge on any atom is 0.410 e. The fraction of sp³-hybridized carbons (Fsp3) is 0.419. The van der Waals surface area contributed by atoms with Gasteiger partial charge in [-0.05, 0) is 114 Å². The van der Waals surface area contributed by atoms with Gasteiger partial charge in [0.05, 0.1) is 29.7 Å². The van der Waals surface area contributed by atoms with Crippen LogP contribution in [0.5, 0.6) is 5.75 Å². The van der Waals surface area contributed by atoms with E-state index in [0.717, 1.165) is 35.1 Å². The van der Waals surface area contributed by atoms with Crippen molar-refractivity contribution in [2.75, 3.05) is 24.5 Å². The number of halogens is 2. The molecule has 1 aliphatic carbocycles. The molecular formula is C43H45ClFN7O4. The smallest absolute Gasteiger partial charge is 0.410 e. The number of urea groups is 1. The highest BCUT2D eigenvalue weighted by atomic mass is 35.5. The molecule has 4 fully saturated rings. The molecule has 4 aliphatic rings. The second-order valence-corrected chi connectivity index (χ2v) is 16.7. The average molecular weight is 778 g/mol. The number of fused-ring (bicyclic) bond motifs is 4. The summed E-state index contributed by atoms with van der Waals surface area (Å²) >= 11 is 6.51. The van der Waals surface area contributed by atoms with E-state index < -0.39 is 17.5 Å². The van der Waals surface area contributed by atoms with Crippen molar-refractivity contribution in [3.63, 3.8) is 0 Å². The molecule has 6 heterocycles. The molecule has 11 nitrogen and oxygen atoms in total. The van der Waals surface area contributed by atoms with E-state index in [1.54, 1.807) is 24.2 Å². The van der Waals surface area contributed by atoms with Gasteiger partial charge in [0.2, 0.25) is 0 Å². The summed E-state index contributed by atoms with van der Waals surface area (Å²) in [5.74, 6) is -0.570. The Balaban J connectivity index is 1.35. The minimum atomic E-state index is -0.666. The van der Waals surface area contributed by atoms with Crippen LogP contribution in [0, 0.1) is 36.9 Å². The molecule has 0 radical (unpaired) electrons. The number of carbonyl (C=O) groups excluding carboxylic acids is 2. The molecule has 13 heteroatoms. The number of nitriles is 1. The number of pyridine rings is 2. The van der Waals surface area contributed by atoms with Gasteiger partial charge in [0, 0.05) is 82.8 Å². The molecule has 56 heavy (non-hydrogen) atoms. The van der Waals surface area contributed by atoms with Gasteiger partial charge in [0.25, 0.3) is 0 Å². The number of hydrogen-bond donors (Lipinski definition) is 1. The number of aromatic hydroxyl groups is 1. The molecule has 2 bridgehead atoms. The third kappa shape index (κ3) is 6.17. The number of aromatic nitrogens is 3. The zero-order valence-corrected chi connectivity index (χ0v) is 33.2. The van der Waals surface area contributed by atoms with E-state index in [1.807, 2.05) is 62.6 Å². The largest absolute Gasteiger partial charge is 0.508 e. The third-order valence-electron chi connectivity index (χ3n) is 11.7. The highest BCUT2D eigenvalue weighted by Gasteiger charge is 2.56. The molecule has 9 rings (SSSR count). The Morgan fingerprint density at radius 3 is 2.61 bits per heavy atom. The van der Waals surface area contributed by atoms with Gasteiger partial charge in [0.15, 0.2) is 5.82 Å². The van der Waals surface area contributed by atoms with E-state index in [1.165, 1.54) is 12.1 Å². The number of nitrogens with zero attached hydrogens (tertiary/aromatic N) is 7. The van der Waals surface area contributed by atoms with E-state index in [9.17, 15) is 20.0 Å². The SMILES string of the molecule is Cc1c(Cl)cc(O)cc1-c1c(CCC#N)cc2c(nc(C)c3cc([C@@H](C)N4CCCN(c5ccncc5)C4=O)n([C@H]4[C@@H]5C[C@H]4N(C(=O)OC(C)(C)C)C5)c32)c1F. The normalized spacial score (nSPS) is 20.1. The van der Waals surface area contributed by atoms with Gasteiger partial charge in [-0.15, -0.1) is 0 Å². The second-order valence-electron chi connectivity index (χ2n) is 16.3. The molecular weight excluding hydrogens is 733 g/mol. The highest BCUT2D eigenvalue weighted by molar-refractivity contribution is 6.32. The maximum absolute atomic E-state index is 17.4. The number of carbonyl (C=O) groups is 2. The van der Waals surface area contributed by atoms with Crippen molar-refractivity contribution in [2.24, 2.45) is 5.92 Å². The fourth-order valence-electron chi connectivity index (χ4n) is 9.08. The molecule has 3 amide bonds. The standard InChI is InChI=1S/C43H45ClFN7O4/c1-23-30(19-29(53)20-33(23)44)36-26(9-7-12-46)17-32-38(37(36)45)48-24(2)31-21-34(25(3)49-15-8-16-50(41(49)54)28-10-13-47-14-11-28)52(40(31)32)39-27-18-35(39)51(22-27)42(55)56-43(4,5)6/h10-11,13-14,17,19-21,25,27,35,39,53H,7-9,15-16,18,22H2,1-6H3/t25-,27-,35-,39+/m1/s1. The van der Waals surface area contributed by atoms with Crippen molar-refractivity contribution in [1.82, 2.24) is 24.3 Å². The maximum atomic E-state index is 17.4. The summed E-state index contributed by atoms with van der Waals surface area (Å²) < 4.78 is 25.5. The first kappa shape index (κ1) is 37.5. The number of anilines is 1. The van der Waals surface area contributed by atoms with Crippen molar-refractivity contribution in [3.05, 3.63) is 82.1 Å². The lowest BCUT2D eigenvalue weighted by Crippen LogP contribution is -2.51. The quantitative estimate of drug-likeness (QED) is 0.174. The molecule has 1 N–H and O–H groups in total. The Kier molecular flexibility index (Phi) is 9.35. The number of amides is 3. The van der Waals surface area contributed by atoms with Gasteiger partial charge in [0.1, 0.15) is 16.9 Å². The summed E-state index contributed by atoms with van der Waals surface area (Å²) in [6.07, 6.45) is 4.93. The molecule has 5 aromatic rings. The van der Waals surface area contributed by atoms with Crippen LogP contribution in [0.25, 0.3) is 32.9 Å². The van der Waals surface area contributed by atoms with Gasteiger partial charge in [-0.25, -0.2) is 19.0 Å². The van der Waals surface area contributed by atoms with Crippen LogP contribution in [0.15, 0.2) is 48.8 Å². The number of rotatable bonds is 7. The van der Waals surface area contributed by atoms with Crippen LogP contribution in [-0.4, -0.2) is 72.8 Å². The first-order valence-electron chi connectivity index (χ1n) is 19.2. The van der Waals surface area contributed by atoms with Gasteiger partial charge >= 0.3 is 12.1 Å². The monoisotopic (exact) mass is 777 g/mol. The second kappa shape index (κ2) is 14.0. The van der Waals surface area contributed by atoms with Crippen LogP contribution in [0.1, 0.15) is 81.6 Å². The molecule has 0 spiro atoms. The Morgan fingerprint density at radius 1 is 1.14 bits per heavy atom. The topological polar surface area (TPSA) is 128 Å². The highest BCUT2D eigenvalue weighted by Crippen LogP contribution is 2.53.